The summed E-state index contributed by atoms with van der Waals surface area (Å²) < 4.78 is 23.1. The van der Waals surface area contributed by atoms with E-state index in [1.165, 1.54) is 77.0 Å². The average molecular weight is 780 g/mol. The lowest BCUT2D eigenvalue weighted by atomic mass is 9.93. The first-order valence-electron chi connectivity index (χ1n) is 23.6. The molecule has 0 radical (unpaired) electrons. The fraction of sp³-hybridized carbons (Fsp3) is 0.936. The van der Waals surface area contributed by atoms with Gasteiger partial charge in [-0.15, -0.1) is 0 Å². The number of carbonyl (C=O) groups excluding carboxylic acids is 3. The summed E-state index contributed by atoms with van der Waals surface area (Å²) in [6.45, 7) is 12.1. The van der Waals surface area contributed by atoms with Crippen LogP contribution in [0.1, 0.15) is 220 Å². The summed E-state index contributed by atoms with van der Waals surface area (Å²) in [5.74, 6) is 1.02. The van der Waals surface area contributed by atoms with Crippen molar-refractivity contribution in [3.05, 3.63) is 0 Å². The molecular weight excluding hydrogens is 691 g/mol. The van der Waals surface area contributed by atoms with E-state index in [4.69, 9.17) is 18.9 Å². The number of hydrogen-bond acceptors (Lipinski definition) is 8. The van der Waals surface area contributed by atoms with Crippen LogP contribution in [-0.4, -0.2) is 75.0 Å². The van der Waals surface area contributed by atoms with E-state index in [0.717, 1.165) is 116 Å². The van der Waals surface area contributed by atoms with E-state index < -0.39 is 0 Å². The summed E-state index contributed by atoms with van der Waals surface area (Å²) in [7, 11) is 2.12. The minimum Gasteiger partial charge on any atom is -0.466 e. The van der Waals surface area contributed by atoms with E-state index in [1.807, 2.05) is 0 Å². The van der Waals surface area contributed by atoms with Gasteiger partial charge in [0.05, 0.1) is 19.3 Å². The lowest BCUT2D eigenvalue weighted by molar-refractivity contribution is -0.158. The van der Waals surface area contributed by atoms with Gasteiger partial charge in [-0.1, -0.05) is 143 Å². The number of piperidine rings is 1. The SMILES string of the molecule is CCCCC(CCCC)CCOC(=O)CCCCCCCC(CCCCCCCC(=O)OCCC(CCCC)CCCC)OC(=O)COC1CCN(C)CC1. The zero-order valence-electron chi connectivity index (χ0n) is 36.9. The maximum Gasteiger partial charge on any atom is 0.332 e. The Labute approximate surface area is 339 Å². The van der Waals surface area contributed by atoms with Gasteiger partial charge in [0, 0.05) is 25.9 Å². The van der Waals surface area contributed by atoms with Crippen molar-refractivity contribution in [2.75, 3.05) is 40.0 Å². The summed E-state index contributed by atoms with van der Waals surface area (Å²) in [5, 5.41) is 0. The summed E-state index contributed by atoms with van der Waals surface area (Å²) in [6, 6.07) is 0. The van der Waals surface area contributed by atoms with Gasteiger partial charge in [0.15, 0.2) is 0 Å². The minimum atomic E-state index is -0.245. The molecular formula is C47H89NO7. The first kappa shape index (κ1) is 51.3. The summed E-state index contributed by atoms with van der Waals surface area (Å²) >= 11 is 0. The Morgan fingerprint density at radius 3 is 1.33 bits per heavy atom. The van der Waals surface area contributed by atoms with Crippen LogP contribution in [0.2, 0.25) is 0 Å². The number of nitrogens with zero attached hydrogens (tertiary/aromatic N) is 1. The normalized spacial score (nSPS) is 14.0. The quantitative estimate of drug-likeness (QED) is 0.0347. The first-order chi connectivity index (χ1) is 26.8. The molecule has 0 aromatic heterocycles. The van der Waals surface area contributed by atoms with Crippen LogP contribution in [0.4, 0.5) is 0 Å². The van der Waals surface area contributed by atoms with Gasteiger partial charge < -0.3 is 23.8 Å². The molecule has 1 saturated heterocycles. The molecule has 55 heavy (non-hydrogen) atoms. The van der Waals surface area contributed by atoms with Gasteiger partial charge in [0.2, 0.25) is 0 Å². The third-order valence-corrected chi connectivity index (χ3v) is 11.7. The number of rotatable bonds is 38. The van der Waals surface area contributed by atoms with Crippen molar-refractivity contribution in [2.24, 2.45) is 11.8 Å². The van der Waals surface area contributed by atoms with Crippen molar-refractivity contribution in [2.45, 2.75) is 233 Å². The van der Waals surface area contributed by atoms with Gasteiger partial charge in [0.1, 0.15) is 12.7 Å². The molecule has 1 aliphatic heterocycles. The zero-order chi connectivity index (χ0) is 40.2. The average Bonchev–Trinajstić information content (AvgIpc) is 3.18. The highest BCUT2D eigenvalue weighted by Crippen LogP contribution is 2.22. The molecule has 1 aliphatic rings. The van der Waals surface area contributed by atoms with Crippen molar-refractivity contribution in [1.29, 1.82) is 0 Å². The maximum absolute atomic E-state index is 12.8. The van der Waals surface area contributed by atoms with Gasteiger partial charge in [-0.25, -0.2) is 4.79 Å². The number of carbonyl (C=O) groups is 3. The molecule has 1 heterocycles. The third-order valence-electron chi connectivity index (χ3n) is 11.7. The molecule has 0 aromatic carbocycles. The molecule has 0 saturated carbocycles. The second kappa shape index (κ2) is 36.7. The lowest BCUT2D eigenvalue weighted by Crippen LogP contribution is -2.35. The van der Waals surface area contributed by atoms with E-state index in [1.54, 1.807) is 0 Å². The minimum absolute atomic E-state index is 0.0351. The smallest absolute Gasteiger partial charge is 0.332 e. The predicted molar refractivity (Wildman–Crippen MR) is 227 cm³/mol. The van der Waals surface area contributed by atoms with Crippen molar-refractivity contribution >= 4 is 17.9 Å². The van der Waals surface area contributed by atoms with E-state index in [2.05, 4.69) is 39.6 Å². The molecule has 0 unspecified atom stereocenters. The van der Waals surface area contributed by atoms with Crippen LogP contribution in [0.5, 0.6) is 0 Å². The zero-order valence-corrected chi connectivity index (χ0v) is 36.9. The van der Waals surface area contributed by atoms with Crippen LogP contribution in [0.3, 0.4) is 0 Å². The first-order valence-corrected chi connectivity index (χ1v) is 23.6. The maximum atomic E-state index is 12.8. The Balaban J connectivity index is 2.32. The topological polar surface area (TPSA) is 91.4 Å². The fourth-order valence-corrected chi connectivity index (χ4v) is 7.82. The van der Waals surface area contributed by atoms with E-state index in [0.29, 0.717) is 37.9 Å². The highest BCUT2D eigenvalue weighted by Gasteiger charge is 2.20. The molecule has 8 heteroatoms. The van der Waals surface area contributed by atoms with Crippen LogP contribution in [0, 0.1) is 11.8 Å². The van der Waals surface area contributed by atoms with Crippen molar-refractivity contribution in [3.8, 4) is 0 Å². The molecule has 0 aliphatic carbocycles. The number of unbranched alkanes of at least 4 members (excludes halogenated alkanes) is 12. The van der Waals surface area contributed by atoms with Gasteiger partial charge >= 0.3 is 17.9 Å². The molecule has 0 N–H and O–H groups in total. The molecule has 1 rings (SSSR count). The predicted octanol–water partition coefficient (Wildman–Crippen LogP) is 12.3. The van der Waals surface area contributed by atoms with Crippen molar-refractivity contribution in [3.63, 3.8) is 0 Å². The monoisotopic (exact) mass is 780 g/mol. The van der Waals surface area contributed by atoms with E-state index in [-0.39, 0.29) is 36.7 Å². The highest BCUT2D eigenvalue weighted by molar-refractivity contribution is 5.71. The molecule has 0 amide bonds. The van der Waals surface area contributed by atoms with Crippen LogP contribution >= 0.6 is 0 Å². The van der Waals surface area contributed by atoms with Crippen molar-refractivity contribution in [1.82, 2.24) is 4.90 Å². The fourth-order valence-electron chi connectivity index (χ4n) is 7.82. The molecule has 324 valence electrons. The lowest BCUT2D eigenvalue weighted by Gasteiger charge is -2.28. The van der Waals surface area contributed by atoms with E-state index >= 15 is 0 Å². The van der Waals surface area contributed by atoms with Crippen LogP contribution in [-0.2, 0) is 33.3 Å². The molecule has 0 aromatic rings. The Kier molecular flexibility index (Phi) is 34.2. The van der Waals surface area contributed by atoms with E-state index in [9.17, 15) is 14.4 Å². The number of esters is 3. The summed E-state index contributed by atoms with van der Waals surface area (Å²) in [5.41, 5.74) is 0. The Hall–Kier alpha value is -1.67. The van der Waals surface area contributed by atoms with Crippen LogP contribution in [0.25, 0.3) is 0 Å². The van der Waals surface area contributed by atoms with Gasteiger partial charge in [-0.05, 0) is 83.1 Å². The molecule has 0 spiro atoms. The summed E-state index contributed by atoms with van der Waals surface area (Å²) in [4.78, 5) is 39.7. The van der Waals surface area contributed by atoms with Gasteiger partial charge in [-0.3, -0.25) is 9.59 Å². The third kappa shape index (κ3) is 31.1. The second-order valence-corrected chi connectivity index (χ2v) is 16.9. The number of ether oxygens (including phenoxy) is 4. The van der Waals surface area contributed by atoms with Crippen molar-refractivity contribution < 1.29 is 33.3 Å². The molecule has 0 bridgehead atoms. The molecule has 0 atom stereocenters. The number of likely N-dealkylation sites (tertiary alicyclic amines) is 1. The Bertz CT molecular complexity index is 838. The Morgan fingerprint density at radius 1 is 0.509 bits per heavy atom. The summed E-state index contributed by atoms with van der Waals surface area (Å²) in [6.07, 6.45) is 31.7. The molecule has 1 fully saturated rings. The van der Waals surface area contributed by atoms with Gasteiger partial charge in [0.25, 0.3) is 0 Å². The number of hydrogen-bond donors (Lipinski definition) is 0. The van der Waals surface area contributed by atoms with Crippen LogP contribution < -0.4 is 0 Å². The van der Waals surface area contributed by atoms with Gasteiger partial charge in [-0.2, -0.15) is 0 Å². The largest absolute Gasteiger partial charge is 0.466 e. The van der Waals surface area contributed by atoms with Crippen LogP contribution in [0.15, 0.2) is 0 Å². The second-order valence-electron chi connectivity index (χ2n) is 16.9. The Morgan fingerprint density at radius 2 is 0.909 bits per heavy atom. The standard InChI is InChI=1S/C47H89NO7/c1-6-10-24-41(25-11-7-2)34-38-52-45(49)30-22-18-14-16-20-28-44(55-47(51)40-54-43-32-36-48(5)37-33-43)29-21-17-15-19-23-31-46(50)53-39-35-42(26-12-8-3)27-13-9-4/h41-44H,6-40H2,1-5H3. The highest BCUT2D eigenvalue weighted by atomic mass is 16.6. The molecule has 8 nitrogen and oxygen atoms in total.